The van der Waals surface area contributed by atoms with Crippen LogP contribution in [0.25, 0.3) is 16.8 Å². The van der Waals surface area contributed by atoms with E-state index in [-0.39, 0.29) is 5.91 Å². The highest BCUT2D eigenvalue weighted by molar-refractivity contribution is 5.93. The number of ether oxygens (including phenoxy) is 1. The highest BCUT2D eigenvalue weighted by atomic mass is 16.5. The predicted octanol–water partition coefficient (Wildman–Crippen LogP) is 3.94. The first-order chi connectivity index (χ1) is 12.7. The van der Waals surface area contributed by atoms with Crippen LogP contribution in [0.1, 0.15) is 35.3 Å². The van der Waals surface area contributed by atoms with Gasteiger partial charge in [0, 0.05) is 25.5 Å². The third-order valence-electron chi connectivity index (χ3n) is 5.02. The molecule has 1 aromatic carbocycles. The van der Waals surface area contributed by atoms with E-state index < -0.39 is 0 Å². The van der Waals surface area contributed by atoms with Crippen LogP contribution in [-0.2, 0) is 0 Å². The van der Waals surface area contributed by atoms with Crippen LogP contribution in [0, 0.1) is 6.92 Å². The fourth-order valence-corrected chi connectivity index (χ4v) is 3.57. The van der Waals surface area contributed by atoms with Crippen molar-refractivity contribution in [2.45, 2.75) is 26.2 Å². The first kappa shape index (κ1) is 16.6. The summed E-state index contributed by atoms with van der Waals surface area (Å²) in [5.41, 5.74) is 4.61. The van der Waals surface area contributed by atoms with Gasteiger partial charge < -0.3 is 14.0 Å². The van der Waals surface area contributed by atoms with Crippen molar-refractivity contribution in [2.24, 2.45) is 0 Å². The monoisotopic (exact) mass is 349 g/mol. The lowest BCUT2D eigenvalue weighted by atomic mass is 10.1. The van der Waals surface area contributed by atoms with E-state index in [0.29, 0.717) is 5.69 Å². The fraction of sp³-hybridized carbons (Fsp3) is 0.333. The number of rotatable bonds is 3. The number of amides is 1. The second kappa shape index (κ2) is 6.83. The Kier molecular flexibility index (Phi) is 4.37. The lowest BCUT2D eigenvalue weighted by Gasteiger charge is -2.25. The first-order valence-corrected chi connectivity index (χ1v) is 9.09. The van der Waals surface area contributed by atoms with E-state index in [9.17, 15) is 4.79 Å². The molecule has 1 amide bonds. The van der Waals surface area contributed by atoms with Gasteiger partial charge in [0.1, 0.15) is 17.1 Å². The van der Waals surface area contributed by atoms with Crippen LogP contribution in [-0.4, -0.2) is 40.4 Å². The number of nitrogens with zero attached hydrogens (tertiary/aromatic N) is 3. The number of fused-ring (bicyclic) bond motifs is 1. The summed E-state index contributed by atoms with van der Waals surface area (Å²) >= 11 is 0. The molecule has 134 valence electrons. The third-order valence-corrected chi connectivity index (χ3v) is 5.02. The van der Waals surface area contributed by atoms with E-state index in [1.54, 1.807) is 7.11 Å². The average molecular weight is 349 g/mol. The summed E-state index contributed by atoms with van der Waals surface area (Å²) < 4.78 is 7.19. The molecule has 1 aliphatic heterocycles. The van der Waals surface area contributed by atoms with Gasteiger partial charge in [-0.15, -0.1) is 0 Å². The lowest BCUT2D eigenvalue weighted by Crippen LogP contribution is -2.35. The van der Waals surface area contributed by atoms with Crippen LogP contribution in [0.3, 0.4) is 0 Å². The van der Waals surface area contributed by atoms with E-state index in [0.717, 1.165) is 54.0 Å². The van der Waals surface area contributed by atoms with Gasteiger partial charge in [0.25, 0.3) is 5.91 Å². The Balaban J connectivity index is 1.69. The molecule has 5 nitrogen and oxygen atoms in total. The van der Waals surface area contributed by atoms with Crippen molar-refractivity contribution in [2.75, 3.05) is 20.2 Å². The summed E-state index contributed by atoms with van der Waals surface area (Å²) in [6.45, 7) is 3.70. The first-order valence-electron chi connectivity index (χ1n) is 9.09. The number of hydrogen-bond donors (Lipinski definition) is 0. The Hall–Kier alpha value is -2.82. The van der Waals surface area contributed by atoms with Gasteiger partial charge in [0.05, 0.1) is 7.11 Å². The topological polar surface area (TPSA) is 46.8 Å². The second-order valence-corrected chi connectivity index (χ2v) is 6.85. The van der Waals surface area contributed by atoms with Crippen LogP contribution in [0.4, 0.5) is 0 Å². The van der Waals surface area contributed by atoms with E-state index in [1.807, 2.05) is 52.9 Å². The second-order valence-electron chi connectivity index (χ2n) is 6.85. The minimum Gasteiger partial charge on any atom is -0.497 e. The van der Waals surface area contributed by atoms with Crippen LogP contribution in [0.2, 0.25) is 0 Å². The number of imidazole rings is 1. The van der Waals surface area contributed by atoms with Crippen molar-refractivity contribution in [1.29, 1.82) is 0 Å². The number of piperidine rings is 1. The molecule has 3 heterocycles. The zero-order valence-electron chi connectivity index (χ0n) is 15.2. The molecule has 0 N–H and O–H groups in total. The van der Waals surface area contributed by atoms with E-state index in [2.05, 4.69) is 11.1 Å². The van der Waals surface area contributed by atoms with Crippen molar-refractivity contribution >= 4 is 11.6 Å². The van der Waals surface area contributed by atoms with E-state index in [4.69, 9.17) is 4.74 Å². The molecule has 0 unspecified atom stereocenters. The molecule has 3 aromatic rings. The standard InChI is InChI=1S/C21H23N3O2/c1-15-12-17(16-6-8-18(26-2)9-7-16)13-24-14-19(22-20(15)24)21(25)23-10-4-3-5-11-23/h6-9,12-14H,3-5,10-11H2,1-2H3. The SMILES string of the molecule is COc1ccc(-c2cc(C)c3nc(C(=O)N4CCCCC4)cn3c2)cc1. The predicted molar refractivity (Wildman–Crippen MR) is 102 cm³/mol. The Morgan fingerprint density at radius 1 is 1.04 bits per heavy atom. The molecular formula is C21H23N3O2. The van der Waals surface area contributed by atoms with Crippen LogP contribution >= 0.6 is 0 Å². The summed E-state index contributed by atoms with van der Waals surface area (Å²) in [5.74, 6) is 0.877. The van der Waals surface area contributed by atoms with Crippen LogP contribution in [0.5, 0.6) is 5.75 Å². The number of aryl methyl sites for hydroxylation is 1. The van der Waals surface area contributed by atoms with Crippen molar-refractivity contribution in [3.63, 3.8) is 0 Å². The van der Waals surface area contributed by atoms with Crippen LogP contribution in [0.15, 0.2) is 42.7 Å². The van der Waals surface area contributed by atoms with Gasteiger partial charge in [-0.3, -0.25) is 4.79 Å². The number of methoxy groups -OCH3 is 1. The van der Waals surface area contributed by atoms with Crippen LogP contribution < -0.4 is 4.74 Å². The smallest absolute Gasteiger partial charge is 0.274 e. The zero-order valence-corrected chi connectivity index (χ0v) is 15.2. The molecule has 4 rings (SSSR count). The summed E-state index contributed by atoms with van der Waals surface area (Å²) in [5, 5.41) is 0. The van der Waals surface area contributed by atoms with Gasteiger partial charge in [-0.05, 0) is 61.1 Å². The summed E-state index contributed by atoms with van der Waals surface area (Å²) in [7, 11) is 1.66. The lowest BCUT2D eigenvalue weighted by molar-refractivity contribution is 0.0719. The molecule has 0 bridgehead atoms. The van der Waals surface area contributed by atoms with Crippen molar-refractivity contribution < 1.29 is 9.53 Å². The molecule has 1 saturated heterocycles. The maximum Gasteiger partial charge on any atom is 0.274 e. The van der Waals surface area contributed by atoms with Gasteiger partial charge in [-0.25, -0.2) is 4.98 Å². The number of carbonyl (C=O) groups is 1. The molecule has 0 atom stereocenters. The molecule has 1 fully saturated rings. The van der Waals surface area contributed by atoms with E-state index >= 15 is 0 Å². The Labute approximate surface area is 153 Å². The Morgan fingerprint density at radius 3 is 2.46 bits per heavy atom. The van der Waals surface area contributed by atoms with Crippen molar-refractivity contribution in [3.05, 3.63) is 54.0 Å². The fourth-order valence-electron chi connectivity index (χ4n) is 3.57. The molecule has 0 saturated carbocycles. The summed E-state index contributed by atoms with van der Waals surface area (Å²) in [4.78, 5) is 19.3. The highest BCUT2D eigenvalue weighted by Crippen LogP contribution is 2.25. The summed E-state index contributed by atoms with van der Waals surface area (Å²) in [6, 6.07) is 10.1. The van der Waals surface area contributed by atoms with Gasteiger partial charge in [-0.2, -0.15) is 0 Å². The molecule has 0 spiro atoms. The van der Waals surface area contributed by atoms with Gasteiger partial charge in [0.2, 0.25) is 0 Å². The molecule has 26 heavy (non-hydrogen) atoms. The normalized spacial score (nSPS) is 14.6. The number of hydrogen-bond acceptors (Lipinski definition) is 3. The minimum atomic E-state index is 0.0406. The molecule has 2 aromatic heterocycles. The number of likely N-dealkylation sites (tertiary alicyclic amines) is 1. The number of carbonyl (C=O) groups excluding carboxylic acids is 1. The Morgan fingerprint density at radius 2 is 1.77 bits per heavy atom. The quantitative estimate of drug-likeness (QED) is 0.719. The zero-order chi connectivity index (χ0) is 18.1. The molecule has 0 aliphatic carbocycles. The molecule has 1 aliphatic rings. The number of aromatic nitrogens is 2. The van der Waals surface area contributed by atoms with E-state index in [1.165, 1.54) is 6.42 Å². The van der Waals surface area contributed by atoms with Crippen molar-refractivity contribution in [1.82, 2.24) is 14.3 Å². The summed E-state index contributed by atoms with van der Waals surface area (Å²) in [6.07, 6.45) is 7.26. The molecular weight excluding hydrogens is 326 g/mol. The number of benzene rings is 1. The molecule has 5 heteroatoms. The van der Waals surface area contributed by atoms with Crippen molar-refractivity contribution in [3.8, 4) is 16.9 Å². The maximum atomic E-state index is 12.7. The Bertz CT molecular complexity index is 938. The highest BCUT2D eigenvalue weighted by Gasteiger charge is 2.21. The van der Waals surface area contributed by atoms with Gasteiger partial charge >= 0.3 is 0 Å². The largest absolute Gasteiger partial charge is 0.497 e. The molecule has 0 radical (unpaired) electrons. The maximum absolute atomic E-state index is 12.7. The van der Waals surface area contributed by atoms with Gasteiger partial charge in [0.15, 0.2) is 0 Å². The number of pyridine rings is 1. The average Bonchev–Trinajstić information content (AvgIpc) is 3.13. The van der Waals surface area contributed by atoms with Gasteiger partial charge in [-0.1, -0.05) is 12.1 Å². The third kappa shape index (κ3) is 3.05. The minimum absolute atomic E-state index is 0.0406.